The first-order chi connectivity index (χ1) is 10.1. The molecule has 0 aliphatic carbocycles. The van der Waals surface area contributed by atoms with Crippen molar-refractivity contribution in [2.45, 2.75) is 19.5 Å². The molecule has 0 saturated heterocycles. The number of carbonyl (C=O) groups excluding carboxylic acids is 2. The highest BCUT2D eigenvalue weighted by Crippen LogP contribution is 2.23. The Morgan fingerprint density at radius 3 is 2.90 bits per heavy atom. The van der Waals surface area contributed by atoms with E-state index in [9.17, 15) is 9.59 Å². The summed E-state index contributed by atoms with van der Waals surface area (Å²) in [6, 6.07) is 2.96. The van der Waals surface area contributed by atoms with Crippen molar-refractivity contribution in [3.63, 3.8) is 0 Å². The van der Waals surface area contributed by atoms with Crippen molar-refractivity contribution in [1.82, 2.24) is 20.0 Å². The second-order valence-electron chi connectivity index (χ2n) is 4.97. The lowest BCUT2D eigenvalue weighted by Crippen LogP contribution is -2.46. The number of carbonyl (C=O) groups is 2. The highest BCUT2D eigenvalue weighted by Gasteiger charge is 2.33. The Morgan fingerprint density at radius 1 is 1.43 bits per heavy atom. The Kier molecular flexibility index (Phi) is 3.25. The molecule has 0 aromatic carbocycles. The first-order valence-electron chi connectivity index (χ1n) is 6.69. The highest BCUT2D eigenvalue weighted by molar-refractivity contribution is 5.95. The van der Waals surface area contributed by atoms with Crippen molar-refractivity contribution in [1.29, 1.82) is 0 Å². The van der Waals surface area contributed by atoms with E-state index < -0.39 is 6.04 Å². The summed E-state index contributed by atoms with van der Waals surface area (Å²) in [5.74, 6) is 0.277. The lowest BCUT2D eigenvalue weighted by atomic mass is 10.1. The Labute approximate surface area is 121 Å². The fourth-order valence-electron chi connectivity index (χ4n) is 2.59. The van der Waals surface area contributed by atoms with Crippen LogP contribution in [0.25, 0.3) is 0 Å². The number of nitrogens with zero attached hydrogens (tertiary/aromatic N) is 3. The molecule has 0 fully saturated rings. The van der Waals surface area contributed by atoms with Gasteiger partial charge in [-0.1, -0.05) is 0 Å². The molecular weight excluding hydrogens is 272 g/mol. The molecular formula is C14H16N4O3. The molecule has 0 saturated carbocycles. The quantitative estimate of drug-likeness (QED) is 0.883. The summed E-state index contributed by atoms with van der Waals surface area (Å²) in [5.41, 5.74) is 1.36. The van der Waals surface area contributed by atoms with Gasteiger partial charge < -0.3 is 14.6 Å². The summed E-state index contributed by atoms with van der Waals surface area (Å²) in [6.07, 6.45) is 3.13. The van der Waals surface area contributed by atoms with E-state index in [0.29, 0.717) is 17.9 Å². The first kappa shape index (κ1) is 13.4. The normalized spacial score (nSPS) is 17.4. The van der Waals surface area contributed by atoms with Gasteiger partial charge in [0.05, 0.1) is 30.6 Å². The molecule has 110 valence electrons. The van der Waals surface area contributed by atoms with E-state index in [-0.39, 0.29) is 18.4 Å². The number of rotatable bonds is 2. The monoisotopic (exact) mass is 288 g/mol. The second-order valence-corrected chi connectivity index (χ2v) is 4.97. The van der Waals surface area contributed by atoms with Gasteiger partial charge in [0.2, 0.25) is 5.91 Å². The molecule has 0 bridgehead atoms. The zero-order valence-electron chi connectivity index (χ0n) is 11.9. The third-order valence-electron chi connectivity index (χ3n) is 3.72. The maximum atomic E-state index is 12.6. The molecule has 1 aliphatic rings. The Bertz CT molecular complexity index is 688. The van der Waals surface area contributed by atoms with Gasteiger partial charge in [0.25, 0.3) is 5.91 Å². The molecule has 1 N–H and O–H groups in total. The van der Waals surface area contributed by atoms with E-state index in [1.54, 1.807) is 35.8 Å². The summed E-state index contributed by atoms with van der Waals surface area (Å²) in [4.78, 5) is 26.2. The number of amides is 2. The molecule has 0 radical (unpaired) electrons. The van der Waals surface area contributed by atoms with E-state index in [2.05, 4.69) is 10.4 Å². The van der Waals surface area contributed by atoms with Crippen molar-refractivity contribution in [3.05, 3.63) is 41.6 Å². The standard InChI is InChI=1S/C14H16N4O3/c1-9-11(4-6-21-9)14(20)17-7-10-3-5-16-18(10)12(8-17)13(19)15-2/h3-6,12H,7-8H2,1-2H3,(H,15,19). The molecule has 7 nitrogen and oxygen atoms in total. The SMILES string of the molecule is CNC(=O)C1CN(C(=O)c2ccoc2C)Cc2ccnn21. The summed E-state index contributed by atoms with van der Waals surface area (Å²) in [5, 5.41) is 6.80. The second kappa shape index (κ2) is 5.08. The summed E-state index contributed by atoms with van der Waals surface area (Å²) in [7, 11) is 1.58. The highest BCUT2D eigenvalue weighted by atomic mass is 16.3. The smallest absolute Gasteiger partial charge is 0.257 e. The predicted molar refractivity (Wildman–Crippen MR) is 73.5 cm³/mol. The van der Waals surface area contributed by atoms with Crippen LogP contribution in [0.5, 0.6) is 0 Å². The topological polar surface area (TPSA) is 80.4 Å². The van der Waals surface area contributed by atoms with Crippen LogP contribution in [0.3, 0.4) is 0 Å². The zero-order valence-corrected chi connectivity index (χ0v) is 11.9. The maximum absolute atomic E-state index is 12.6. The lowest BCUT2D eigenvalue weighted by molar-refractivity contribution is -0.125. The van der Waals surface area contributed by atoms with E-state index >= 15 is 0 Å². The van der Waals surface area contributed by atoms with Gasteiger partial charge in [0.15, 0.2) is 0 Å². The number of likely N-dealkylation sites (N-methyl/N-ethyl adjacent to an activating group) is 1. The molecule has 3 rings (SSSR count). The van der Waals surface area contributed by atoms with Crippen LogP contribution in [-0.2, 0) is 11.3 Å². The minimum Gasteiger partial charge on any atom is -0.469 e. The van der Waals surface area contributed by atoms with Crippen molar-refractivity contribution >= 4 is 11.8 Å². The average Bonchev–Trinajstić information content (AvgIpc) is 3.12. The fraction of sp³-hybridized carbons (Fsp3) is 0.357. The van der Waals surface area contributed by atoms with Crippen LogP contribution in [0.1, 0.15) is 27.9 Å². The van der Waals surface area contributed by atoms with E-state index in [4.69, 9.17) is 4.42 Å². The van der Waals surface area contributed by atoms with Gasteiger partial charge in [-0.2, -0.15) is 5.10 Å². The fourth-order valence-corrected chi connectivity index (χ4v) is 2.59. The van der Waals surface area contributed by atoms with Crippen LogP contribution >= 0.6 is 0 Å². The molecule has 3 heterocycles. The van der Waals surface area contributed by atoms with E-state index in [0.717, 1.165) is 5.69 Å². The maximum Gasteiger partial charge on any atom is 0.257 e. The average molecular weight is 288 g/mol. The van der Waals surface area contributed by atoms with Gasteiger partial charge in [-0.05, 0) is 19.1 Å². The molecule has 2 aromatic heterocycles. The molecule has 2 amide bonds. The molecule has 1 unspecified atom stereocenters. The molecule has 7 heteroatoms. The van der Waals surface area contributed by atoms with Crippen molar-refractivity contribution in [3.8, 4) is 0 Å². The van der Waals surface area contributed by atoms with Gasteiger partial charge in [0.1, 0.15) is 11.8 Å². The minimum atomic E-state index is -0.509. The predicted octanol–water partition coefficient (Wildman–Crippen LogP) is 0.728. The molecule has 2 aromatic rings. The van der Waals surface area contributed by atoms with Gasteiger partial charge >= 0.3 is 0 Å². The Hall–Kier alpha value is -2.57. The molecule has 1 aliphatic heterocycles. The third kappa shape index (κ3) is 2.20. The lowest BCUT2D eigenvalue weighted by Gasteiger charge is -2.32. The van der Waals surface area contributed by atoms with Crippen LogP contribution in [0, 0.1) is 6.92 Å². The molecule has 1 atom stereocenters. The number of hydrogen-bond acceptors (Lipinski definition) is 4. The van der Waals surface area contributed by atoms with Crippen LogP contribution in [0.2, 0.25) is 0 Å². The van der Waals surface area contributed by atoms with Crippen LogP contribution in [-0.4, -0.2) is 40.1 Å². The van der Waals surface area contributed by atoms with Gasteiger partial charge in [-0.15, -0.1) is 0 Å². The number of hydrogen-bond donors (Lipinski definition) is 1. The Balaban J connectivity index is 1.91. The molecule has 0 spiro atoms. The Morgan fingerprint density at radius 2 is 2.24 bits per heavy atom. The van der Waals surface area contributed by atoms with Crippen molar-refractivity contribution < 1.29 is 14.0 Å². The molecule has 21 heavy (non-hydrogen) atoms. The van der Waals surface area contributed by atoms with Crippen molar-refractivity contribution in [2.75, 3.05) is 13.6 Å². The van der Waals surface area contributed by atoms with Gasteiger partial charge in [-0.25, -0.2) is 0 Å². The van der Waals surface area contributed by atoms with Gasteiger partial charge in [-0.3, -0.25) is 14.3 Å². The number of aromatic nitrogens is 2. The van der Waals surface area contributed by atoms with Crippen LogP contribution < -0.4 is 5.32 Å². The number of nitrogens with one attached hydrogen (secondary N) is 1. The van der Waals surface area contributed by atoms with Crippen LogP contribution in [0.4, 0.5) is 0 Å². The first-order valence-corrected chi connectivity index (χ1v) is 6.69. The van der Waals surface area contributed by atoms with Gasteiger partial charge in [0, 0.05) is 13.2 Å². The van der Waals surface area contributed by atoms with Crippen molar-refractivity contribution in [2.24, 2.45) is 0 Å². The summed E-state index contributed by atoms with van der Waals surface area (Å²) in [6.45, 7) is 2.46. The van der Waals surface area contributed by atoms with Crippen LogP contribution in [0.15, 0.2) is 29.0 Å². The number of fused-ring (bicyclic) bond motifs is 1. The number of aryl methyl sites for hydroxylation is 1. The summed E-state index contributed by atoms with van der Waals surface area (Å²) < 4.78 is 6.85. The number of furan rings is 1. The third-order valence-corrected chi connectivity index (χ3v) is 3.72. The summed E-state index contributed by atoms with van der Waals surface area (Å²) >= 11 is 0. The largest absolute Gasteiger partial charge is 0.469 e. The van der Waals surface area contributed by atoms with E-state index in [1.165, 1.54) is 6.26 Å². The van der Waals surface area contributed by atoms with E-state index in [1.807, 2.05) is 6.07 Å². The minimum absolute atomic E-state index is 0.136. The zero-order chi connectivity index (χ0) is 15.0.